The number of morpholine rings is 1. The van der Waals surface area contributed by atoms with Gasteiger partial charge in [0, 0.05) is 19.6 Å². The zero-order chi connectivity index (χ0) is 19.0. The Balaban J connectivity index is 1.66. The van der Waals surface area contributed by atoms with Crippen LogP contribution in [-0.4, -0.2) is 69.6 Å². The van der Waals surface area contributed by atoms with Crippen LogP contribution < -0.4 is 0 Å². The first-order valence-electron chi connectivity index (χ1n) is 9.74. The number of hydrogen-bond donors (Lipinski definition) is 0. The number of benzene rings is 1. The summed E-state index contributed by atoms with van der Waals surface area (Å²) in [6.45, 7) is 10.9. The molecule has 3 heterocycles. The molecule has 144 valence electrons. The number of hydrogen-bond acceptors (Lipinski definition) is 5. The van der Waals surface area contributed by atoms with Gasteiger partial charge in [0.2, 0.25) is 0 Å². The van der Waals surface area contributed by atoms with Gasteiger partial charge in [0.25, 0.3) is 5.91 Å². The summed E-state index contributed by atoms with van der Waals surface area (Å²) in [4.78, 5) is 17.3. The molecule has 2 aliphatic heterocycles. The summed E-state index contributed by atoms with van der Waals surface area (Å²) in [5, 5.41) is 8.60. The second-order valence-corrected chi connectivity index (χ2v) is 7.39. The van der Waals surface area contributed by atoms with Gasteiger partial charge in [0.1, 0.15) is 0 Å². The van der Waals surface area contributed by atoms with E-state index in [-0.39, 0.29) is 11.9 Å². The van der Waals surface area contributed by atoms with E-state index in [9.17, 15) is 4.79 Å². The minimum absolute atomic E-state index is 0.0558. The third-order valence-corrected chi connectivity index (χ3v) is 5.72. The fourth-order valence-electron chi connectivity index (χ4n) is 4.04. The van der Waals surface area contributed by atoms with Crippen LogP contribution in [0.25, 0.3) is 5.69 Å². The van der Waals surface area contributed by atoms with Crippen LogP contribution in [0.2, 0.25) is 0 Å². The van der Waals surface area contributed by atoms with Gasteiger partial charge in [-0.15, -0.1) is 5.10 Å². The number of rotatable bonds is 3. The van der Waals surface area contributed by atoms with Crippen molar-refractivity contribution in [1.29, 1.82) is 0 Å². The first-order valence-corrected chi connectivity index (χ1v) is 9.74. The van der Waals surface area contributed by atoms with E-state index in [0.717, 1.165) is 37.4 Å². The van der Waals surface area contributed by atoms with Gasteiger partial charge in [-0.05, 0) is 44.0 Å². The lowest BCUT2D eigenvalue weighted by molar-refractivity contribution is 0.00322. The third-order valence-electron chi connectivity index (χ3n) is 5.72. The summed E-state index contributed by atoms with van der Waals surface area (Å²) in [6.07, 6.45) is 0.989. The molecule has 27 heavy (non-hydrogen) atoms. The van der Waals surface area contributed by atoms with Crippen LogP contribution >= 0.6 is 0 Å². The van der Waals surface area contributed by atoms with Crippen molar-refractivity contribution in [3.05, 3.63) is 40.7 Å². The highest BCUT2D eigenvalue weighted by Crippen LogP contribution is 2.26. The topological polar surface area (TPSA) is 63.5 Å². The molecule has 7 nitrogen and oxygen atoms in total. The zero-order valence-electron chi connectivity index (χ0n) is 16.3. The standard InChI is InChI=1S/C20H27N5O2/c1-4-23-9-8-17-16(12-23)6-5-7-18(17)25-15(3)19(21-22-25)20(26)24-10-11-27-13-14(24)2/h5-7,14H,4,8-13H2,1-3H3. The molecule has 4 rings (SSSR count). The van der Waals surface area contributed by atoms with Crippen molar-refractivity contribution in [2.45, 2.75) is 39.8 Å². The molecule has 0 bridgehead atoms. The van der Waals surface area contributed by atoms with Crippen LogP contribution in [0.4, 0.5) is 0 Å². The molecule has 0 radical (unpaired) electrons. The molecule has 1 aromatic heterocycles. The van der Waals surface area contributed by atoms with E-state index >= 15 is 0 Å². The highest BCUT2D eigenvalue weighted by atomic mass is 16.5. The second-order valence-electron chi connectivity index (χ2n) is 7.39. The Hall–Kier alpha value is -2.25. The Kier molecular flexibility index (Phi) is 4.97. The van der Waals surface area contributed by atoms with Gasteiger partial charge in [-0.25, -0.2) is 4.68 Å². The Morgan fingerprint density at radius 2 is 2.19 bits per heavy atom. The van der Waals surface area contributed by atoms with Gasteiger partial charge in [0.15, 0.2) is 5.69 Å². The summed E-state index contributed by atoms with van der Waals surface area (Å²) in [7, 11) is 0. The number of aromatic nitrogens is 3. The van der Waals surface area contributed by atoms with E-state index in [2.05, 4.69) is 40.3 Å². The highest BCUT2D eigenvalue weighted by molar-refractivity contribution is 5.93. The minimum atomic E-state index is -0.0588. The van der Waals surface area contributed by atoms with Crippen molar-refractivity contribution >= 4 is 5.91 Å². The van der Waals surface area contributed by atoms with E-state index in [4.69, 9.17) is 4.74 Å². The van der Waals surface area contributed by atoms with E-state index < -0.39 is 0 Å². The number of fused-ring (bicyclic) bond motifs is 1. The summed E-state index contributed by atoms with van der Waals surface area (Å²) in [5.41, 5.74) is 4.93. The number of carbonyl (C=O) groups excluding carboxylic acids is 1. The molecule has 1 unspecified atom stereocenters. The van der Waals surface area contributed by atoms with Crippen LogP contribution in [-0.2, 0) is 17.7 Å². The van der Waals surface area contributed by atoms with Gasteiger partial charge in [-0.1, -0.05) is 24.3 Å². The lowest BCUT2D eigenvalue weighted by Crippen LogP contribution is -2.47. The summed E-state index contributed by atoms with van der Waals surface area (Å²) in [5.74, 6) is -0.0588. The maximum Gasteiger partial charge on any atom is 0.276 e. The van der Waals surface area contributed by atoms with E-state index in [1.165, 1.54) is 11.1 Å². The highest BCUT2D eigenvalue weighted by Gasteiger charge is 2.29. The van der Waals surface area contributed by atoms with E-state index in [1.807, 2.05) is 23.4 Å². The summed E-state index contributed by atoms with van der Waals surface area (Å²) >= 11 is 0. The number of amides is 1. The third kappa shape index (κ3) is 3.26. The van der Waals surface area contributed by atoms with Crippen LogP contribution in [0.15, 0.2) is 18.2 Å². The molecular formula is C20H27N5O2. The molecule has 1 aromatic carbocycles. The molecule has 0 N–H and O–H groups in total. The van der Waals surface area contributed by atoms with Gasteiger partial charge in [-0.3, -0.25) is 9.69 Å². The van der Waals surface area contributed by atoms with Crippen molar-refractivity contribution in [3.8, 4) is 5.69 Å². The van der Waals surface area contributed by atoms with Gasteiger partial charge in [0.05, 0.1) is 30.6 Å². The zero-order valence-corrected chi connectivity index (χ0v) is 16.3. The maximum absolute atomic E-state index is 13.0. The van der Waals surface area contributed by atoms with Crippen molar-refractivity contribution in [2.24, 2.45) is 0 Å². The fourth-order valence-corrected chi connectivity index (χ4v) is 4.04. The first-order chi connectivity index (χ1) is 13.1. The second kappa shape index (κ2) is 7.40. The first kappa shape index (κ1) is 18.1. The smallest absolute Gasteiger partial charge is 0.276 e. The van der Waals surface area contributed by atoms with E-state index in [0.29, 0.717) is 25.5 Å². The number of ether oxygens (including phenoxy) is 1. The minimum Gasteiger partial charge on any atom is -0.377 e. The Labute approximate surface area is 159 Å². The monoisotopic (exact) mass is 369 g/mol. The Morgan fingerprint density at radius 3 is 2.96 bits per heavy atom. The molecule has 2 aliphatic rings. The molecule has 2 aromatic rings. The molecule has 7 heteroatoms. The van der Waals surface area contributed by atoms with Crippen molar-refractivity contribution in [1.82, 2.24) is 24.8 Å². The predicted molar refractivity (Wildman–Crippen MR) is 102 cm³/mol. The fraction of sp³-hybridized carbons (Fsp3) is 0.550. The Bertz CT molecular complexity index is 847. The quantitative estimate of drug-likeness (QED) is 0.826. The molecule has 0 saturated carbocycles. The van der Waals surface area contributed by atoms with E-state index in [1.54, 1.807) is 0 Å². The van der Waals surface area contributed by atoms with Crippen molar-refractivity contribution in [3.63, 3.8) is 0 Å². The van der Waals surface area contributed by atoms with Crippen LogP contribution in [0.5, 0.6) is 0 Å². The molecule has 0 aliphatic carbocycles. The van der Waals surface area contributed by atoms with Gasteiger partial charge < -0.3 is 9.64 Å². The molecule has 1 amide bonds. The Morgan fingerprint density at radius 1 is 1.33 bits per heavy atom. The van der Waals surface area contributed by atoms with Crippen LogP contribution in [0.1, 0.15) is 41.2 Å². The van der Waals surface area contributed by atoms with Gasteiger partial charge >= 0.3 is 0 Å². The maximum atomic E-state index is 13.0. The average molecular weight is 369 g/mol. The SMILES string of the molecule is CCN1CCc2c(cccc2-n2nnc(C(=O)N3CCOCC3C)c2C)C1. The normalized spacial score (nSPS) is 20.6. The molecule has 1 saturated heterocycles. The average Bonchev–Trinajstić information content (AvgIpc) is 3.08. The molecule has 1 atom stereocenters. The molecule has 1 fully saturated rings. The summed E-state index contributed by atoms with van der Waals surface area (Å²) < 4.78 is 7.28. The van der Waals surface area contributed by atoms with Crippen molar-refractivity contribution < 1.29 is 9.53 Å². The lowest BCUT2D eigenvalue weighted by atomic mass is 9.97. The van der Waals surface area contributed by atoms with Crippen LogP contribution in [0, 0.1) is 6.92 Å². The van der Waals surface area contributed by atoms with Crippen LogP contribution in [0.3, 0.4) is 0 Å². The summed E-state index contributed by atoms with van der Waals surface area (Å²) in [6, 6.07) is 6.39. The molecular weight excluding hydrogens is 342 g/mol. The number of nitrogens with zero attached hydrogens (tertiary/aromatic N) is 5. The predicted octanol–water partition coefficient (Wildman–Crippen LogP) is 1.81. The largest absolute Gasteiger partial charge is 0.377 e. The lowest BCUT2D eigenvalue weighted by Gasteiger charge is -2.32. The van der Waals surface area contributed by atoms with Crippen molar-refractivity contribution in [2.75, 3.05) is 32.8 Å². The number of carbonyl (C=O) groups is 1. The number of likely N-dealkylation sites (N-methyl/N-ethyl adjacent to an activating group) is 1. The van der Waals surface area contributed by atoms with Gasteiger partial charge in [-0.2, -0.15) is 0 Å². The molecule has 0 spiro atoms.